The summed E-state index contributed by atoms with van der Waals surface area (Å²) in [6.07, 6.45) is 3.90. The largest absolute Gasteiger partial charge is 0.494 e. The zero-order chi connectivity index (χ0) is 30.9. The van der Waals surface area contributed by atoms with Gasteiger partial charge in [0.05, 0.1) is 37.6 Å². The number of carbonyl (C=O) groups excluding carboxylic acids is 4. The molecular weight excluding hydrogens is 556 g/mol. The SMILES string of the molecule is C=CC(=O)OCCCCOc1ccc(C(=O)Oc2ccc(OC(=O)c3ccc(OCCCCOC=O)cc3)c(C)c2)cc1. The van der Waals surface area contributed by atoms with Crippen LogP contribution in [0.2, 0.25) is 0 Å². The fraction of sp³-hybridized carbons (Fsp3) is 0.273. The van der Waals surface area contributed by atoms with Crippen LogP contribution >= 0.6 is 0 Å². The van der Waals surface area contributed by atoms with Gasteiger partial charge in [-0.2, -0.15) is 0 Å². The zero-order valence-corrected chi connectivity index (χ0v) is 24.0. The summed E-state index contributed by atoms with van der Waals surface area (Å²) >= 11 is 0. The highest BCUT2D eigenvalue weighted by atomic mass is 16.5. The predicted octanol–water partition coefficient (Wildman–Crippen LogP) is 5.65. The van der Waals surface area contributed by atoms with Crippen molar-refractivity contribution in [1.82, 2.24) is 0 Å². The molecule has 0 saturated heterocycles. The number of rotatable bonds is 18. The lowest BCUT2D eigenvalue weighted by molar-refractivity contribution is -0.137. The topological polar surface area (TPSA) is 124 Å². The van der Waals surface area contributed by atoms with Crippen molar-refractivity contribution in [2.24, 2.45) is 0 Å². The monoisotopic (exact) mass is 590 g/mol. The second-order valence-electron chi connectivity index (χ2n) is 9.20. The molecule has 0 aromatic heterocycles. The van der Waals surface area contributed by atoms with Crippen molar-refractivity contribution in [3.05, 3.63) is 96.1 Å². The van der Waals surface area contributed by atoms with Crippen LogP contribution in [0.1, 0.15) is 52.0 Å². The third-order valence-electron chi connectivity index (χ3n) is 5.95. The number of hydrogen-bond donors (Lipinski definition) is 0. The van der Waals surface area contributed by atoms with Crippen LogP contribution in [0.5, 0.6) is 23.0 Å². The third-order valence-corrected chi connectivity index (χ3v) is 5.95. The van der Waals surface area contributed by atoms with E-state index in [1.165, 1.54) is 0 Å². The molecule has 0 heterocycles. The van der Waals surface area contributed by atoms with E-state index in [9.17, 15) is 19.2 Å². The van der Waals surface area contributed by atoms with E-state index in [0.29, 0.717) is 91.9 Å². The smallest absolute Gasteiger partial charge is 0.343 e. The maximum atomic E-state index is 12.6. The Morgan fingerprint density at radius 1 is 0.674 bits per heavy atom. The Labute approximate surface area is 250 Å². The lowest BCUT2D eigenvalue weighted by Crippen LogP contribution is -2.11. The Kier molecular flexibility index (Phi) is 13.3. The van der Waals surface area contributed by atoms with Gasteiger partial charge in [-0.05, 0) is 105 Å². The lowest BCUT2D eigenvalue weighted by atomic mass is 10.2. The summed E-state index contributed by atoms with van der Waals surface area (Å²) in [5.74, 6) is 0.317. The van der Waals surface area contributed by atoms with Crippen LogP contribution in [0.4, 0.5) is 0 Å². The molecule has 3 aromatic carbocycles. The van der Waals surface area contributed by atoms with Crippen molar-refractivity contribution < 1.29 is 47.6 Å². The van der Waals surface area contributed by atoms with E-state index in [-0.39, 0.29) is 0 Å². The molecule has 10 nitrogen and oxygen atoms in total. The minimum absolute atomic E-state index is 0.301. The molecule has 0 N–H and O–H groups in total. The maximum Gasteiger partial charge on any atom is 0.343 e. The van der Waals surface area contributed by atoms with Gasteiger partial charge >= 0.3 is 17.9 Å². The standard InChI is InChI=1S/C33H34O10/c1-3-31(35)41-21-7-6-20-40-27-12-8-25(9-13-27)32(36)42-29-16-17-30(24(2)22-29)43-33(37)26-10-14-28(15-11-26)39-19-5-4-18-38-23-34/h3,8-17,22-23H,1,4-7,18-21H2,2H3. The highest BCUT2D eigenvalue weighted by Crippen LogP contribution is 2.26. The van der Waals surface area contributed by atoms with Gasteiger partial charge in [0.1, 0.15) is 23.0 Å². The Morgan fingerprint density at radius 2 is 1.19 bits per heavy atom. The number of aryl methyl sites for hydroxylation is 1. The molecule has 10 heteroatoms. The summed E-state index contributed by atoms with van der Waals surface area (Å²) in [5, 5.41) is 0. The van der Waals surface area contributed by atoms with Gasteiger partial charge in [-0.1, -0.05) is 6.58 Å². The van der Waals surface area contributed by atoms with Crippen molar-refractivity contribution >= 4 is 24.4 Å². The molecule has 0 aliphatic heterocycles. The Morgan fingerprint density at radius 3 is 1.72 bits per heavy atom. The fourth-order valence-corrected chi connectivity index (χ4v) is 3.65. The quantitative estimate of drug-likeness (QED) is 0.0603. The van der Waals surface area contributed by atoms with Crippen LogP contribution in [0.15, 0.2) is 79.4 Å². The van der Waals surface area contributed by atoms with Gasteiger partial charge in [0.25, 0.3) is 6.47 Å². The van der Waals surface area contributed by atoms with E-state index in [1.807, 2.05) is 0 Å². The molecule has 43 heavy (non-hydrogen) atoms. The van der Waals surface area contributed by atoms with E-state index < -0.39 is 17.9 Å². The van der Waals surface area contributed by atoms with Crippen LogP contribution in [-0.2, 0) is 19.1 Å². The molecule has 0 fully saturated rings. The highest BCUT2D eigenvalue weighted by molar-refractivity contribution is 5.92. The second kappa shape index (κ2) is 17.6. The summed E-state index contributed by atoms with van der Waals surface area (Å²) in [6.45, 7) is 7.05. The van der Waals surface area contributed by atoms with Crippen molar-refractivity contribution in [3.63, 3.8) is 0 Å². The lowest BCUT2D eigenvalue weighted by Gasteiger charge is -2.11. The summed E-state index contributed by atoms with van der Waals surface area (Å²) in [7, 11) is 0. The molecule has 3 rings (SSSR count). The van der Waals surface area contributed by atoms with Crippen LogP contribution < -0.4 is 18.9 Å². The first-order valence-corrected chi connectivity index (χ1v) is 13.7. The Bertz CT molecular complexity index is 1360. The molecule has 0 unspecified atom stereocenters. The molecule has 0 amide bonds. The number of unbranched alkanes of at least 4 members (excludes halogenated alkanes) is 2. The average Bonchev–Trinajstić information content (AvgIpc) is 3.02. The summed E-state index contributed by atoms with van der Waals surface area (Å²) in [4.78, 5) is 46.4. The minimum atomic E-state index is -0.545. The molecule has 3 aromatic rings. The molecule has 0 atom stereocenters. The fourth-order valence-electron chi connectivity index (χ4n) is 3.65. The summed E-state index contributed by atoms with van der Waals surface area (Å²) in [6, 6.07) is 17.9. The number of carbonyl (C=O) groups is 4. The number of esters is 3. The highest BCUT2D eigenvalue weighted by Gasteiger charge is 2.14. The van der Waals surface area contributed by atoms with Gasteiger partial charge < -0.3 is 28.4 Å². The van der Waals surface area contributed by atoms with Crippen LogP contribution in [0, 0.1) is 6.92 Å². The molecular formula is C33H34O10. The minimum Gasteiger partial charge on any atom is -0.494 e. The van der Waals surface area contributed by atoms with E-state index in [1.54, 1.807) is 73.7 Å². The first-order chi connectivity index (χ1) is 20.9. The Balaban J connectivity index is 1.43. The van der Waals surface area contributed by atoms with Crippen LogP contribution in [-0.4, -0.2) is 50.8 Å². The molecule has 0 saturated carbocycles. The molecule has 0 aliphatic rings. The van der Waals surface area contributed by atoms with Gasteiger partial charge in [-0.15, -0.1) is 0 Å². The maximum absolute atomic E-state index is 12.6. The first kappa shape index (κ1) is 32.4. The molecule has 0 bridgehead atoms. The van der Waals surface area contributed by atoms with E-state index in [4.69, 9.17) is 23.7 Å². The zero-order valence-electron chi connectivity index (χ0n) is 24.0. The molecule has 0 spiro atoms. The van der Waals surface area contributed by atoms with Gasteiger partial charge in [-0.25, -0.2) is 14.4 Å². The van der Waals surface area contributed by atoms with Crippen molar-refractivity contribution in [2.75, 3.05) is 26.4 Å². The Hall–Kier alpha value is -5.12. The van der Waals surface area contributed by atoms with Crippen molar-refractivity contribution in [2.45, 2.75) is 32.6 Å². The second-order valence-corrected chi connectivity index (χ2v) is 9.20. The van der Waals surface area contributed by atoms with Gasteiger partial charge in [0.2, 0.25) is 0 Å². The van der Waals surface area contributed by atoms with E-state index in [2.05, 4.69) is 11.3 Å². The molecule has 0 aliphatic carbocycles. The first-order valence-electron chi connectivity index (χ1n) is 13.7. The average molecular weight is 591 g/mol. The third kappa shape index (κ3) is 11.3. The van der Waals surface area contributed by atoms with Crippen molar-refractivity contribution in [3.8, 4) is 23.0 Å². The number of ether oxygens (including phenoxy) is 6. The van der Waals surface area contributed by atoms with Crippen LogP contribution in [0.3, 0.4) is 0 Å². The molecule has 0 radical (unpaired) electrons. The van der Waals surface area contributed by atoms with Gasteiger partial charge in [0.15, 0.2) is 0 Å². The van der Waals surface area contributed by atoms with Gasteiger partial charge in [-0.3, -0.25) is 4.79 Å². The van der Waals surface area contributed by atoms with E-state index in [0.717, 1.165) is 12.5 Å². The number of hydrogen-bond acceptors (Lipinski definition) is 10. The summed E-state index contributed by atoms with van der Waals surface area (Å²) in [5.41, 5.74) is 1.31. The predicted molar refractivity (Wildman–Crippen MR) is 157 cm³/mol. The van der Waals surface area contributed by atoms with E-state index >= 15 is 0 Å². The number of benzene rings is 3. The normalized spacial score (nSPS) is 10.3. The van der Waals surface area contributed by atoms with Gasteiger partial charge in [0, 0.05) is 6.08 Å². The molecule has 226 valence electrons. The van der Waals surface area contributed by atoms with Crippen molar-refractivity contribution in [1.29, 1.82) is 0 Å². The van der Waals surface area contributed by atoms with Crippen LogP contribution in [0.25, 0.3) is 0 Å². The summed E-state index contributed by atoms with van der Waals surface area (Å²) < 4.78 is 31.8.